The summed E-state index contributed by atoms with van der Waals surface area (Å²) >= 11 is 0. The van der Waals surface area contributed by atoms with Crippen LogP contribution in [0.4, 0.5) is 0 Å². The van der Waals surface area contributed by atoms with Crippen LogP contribution in [0.5, 0.6) is 17.2 Å². The van der Waals surface area contributed by atoms with Gasteiger partial charge in [-0.3, -0.25) is 38.7 Å². The molecule has 0 aliphatic carbocycles. The maximum absolute atomic E-state index is 13.6. The minimum atomic E-state index is -1.40. The number of carboxylic acids is 5. The van der Waals surface area contributed by atoms with E-state index in [2.05, 4.69) is 0 Å². The van der Waals surface area contributed by atoms with Gasteiger partial charge in [-0.05, 0) is 72.4 Å². The second-order valence-electron chi connectivity index (χ2n) is 16.4. The first kappa shape index (κ1) is 64.0. The van der Waals surface area contributed by atoms with Crippen molar-refractivity contribution in [3.05, 3.63) is 89.5 Å². The third kappa shape index (κ3) is 27.7. The topological polar surface area (TPSA) is 279 Å². The second kappa shape index (κ2) is 37.6. The molecule has 0 fully saturated rings. The van der Waals surface area contributed by atoms with Crippen LogP contribution >= 0.6 is 0 Å². The van der Waals surface area contributed by atoms with Gasteiger partial charge in [0.05, 0.1) is 85.6 Å². The van der Waals surface area contributed by atoms with Crippen LogP contribution in [0.3, 0.4) is 0 Å². The van der Waals surface area contributed by atoms with Crippen molar-refractivity contribution in [2.75, 3.05) is 140 Å². The average molecular weight is 1230 g/mol. The molecule has 3 atom stereocenters. The van der Waals surface area contributed by atoms with Crippen LogP contribution in [0.1, 0.15) is 16.7 Å². The molecule has 3 rings (SSSR count). The molecule has 0 aliphatic rings. The Morgan fingerprint density at radius 2 is 0.671 bits per heavy atom. The number of hydrogen-bond acceptors (Lipinski definition) is 17. The van der Waals surface area contributed by atoms with Crippen LogP contribution in [0, 0.1) is 0 Å². The van der Waals surface area contributed by atoms with Crippen molar-refractivity contribution in [3.8, 4) is 17.2 Å². The van der Waals surface area contributed by atoms with E-state index in [1.807, 2.05) is 0 Å². The molecular weight excluding hydrogens is 1160 g/mol. The van der Waals surface area contributed by atoms with Crippen LogP contribution in [0.2, 0.25) is 0 Å². The Kier molecular flexibility index (Phi) is 33.0. The first-order chi connectivity index (χ1) is 34.7. The van der Waals surface area contributed by atoms with Crippen molar-refractivity contribution in [1.82, 2.24) is 14.7 Å². The number of nitrogens with zero attached hydrogens (tertiary/aromatic N) is 3. The van der Waals surface area contributed by atoms with Gasteiger partial charge in [0, 0.05) is 72.7 Å². The Bertz CT molecular complexity index is 1880. The van der Waals surface area contributed by atoms with E-state index in [0.29, 0.717) is 93.4 Å². The zero-order valence-electron chi connectivity index (χ0n) is 41.7. The van der Waals surface area contributed by atoms with Crippen LogP contribution in [-0.4, -0.2) is 254 Å². The molecule has 405 valence electrons. The molecule has 0 amide bonds. The van der Waals surface area contributed by atoms with Gasteiger partial charge in [0.25, 0.3) is 0 Å². The molecule has 0 aliphatic heterocycles. The number of hydrogen-bond donors (Lipinski definition) is 5. The van der Waals surface area contributed by atoms with E-state index in [1.165, 1.54) is 14.7 Å². The van der Waals surface area contributed by atoms with Gasteiger partial charge in [0.15, 0.2) is 0 Å². The summed E-state index contributed by atoms with van der Waals surface area (Å²) in [4.78, 5) is 67.1. The predicted molar refractivity (Wildman–Crippen MR) is 265 cm³/mol. The predicted octanol–water partition coefficient (Wildman–Crippen LogP) is 1.89. The molecule has 22 nitrogen and oxygen atoms in total. The quantitative estimate of drug-likeness (QED) is 0.0400. The standard InChI is InChI=1S/C50H71N3O19.Bi/c1-64-16-19-67-22-25-70-42-10-4-37(5-11-42)28-40(51(33-46(54)55)34-47(56)57)31-53(45(50(62)63)30-39-8-14-44(15-9-39)72-27-24-69-21-18-66-3)32-41(52(35-48(58)59)36-49(60)61)29-38-6-12-43(13-7-38)71-26-23-68-20-17-65-2;/h4-15,40-41,45H,16-36H2,1-3H3,(H,54,55)(H,56,57)(H,58,59)(H,60,61)(H,62,63);. The number of benzene rings is 3. The molecule has 0 bridgehead atoms. The van der Waals surface area contributed by atoms with Gasteiger partial charge in [0.1, 0.15) is 43.1 Å². The Labute approximate surface area is 445 Å². The molecule has 23 heteroatoms. The van der Waals surface area contributed by atoms with Crippen LogP contribution in [-0.2, 0) is 71.7 Å². The maximum Gasteiger partial charge on any atom is 0.321 e. The zero-order chi connectivity index (χ0) is 52.5. The summed E-state index contributed by atoms with van der Waals surface area (Å²) in [6.45, 7) is 0.663. The fourth-order valence-electron chi connectivity index (χ4n) is 7.51. The van der Waals surface area contributed by atoms with Crippen molar-refractivity contribution in [3.63, 3.8) is 0 Å². The Hall–Kier alpha value is -5.07. The summed E-state index contributed by atoms with van der Waals surface area (Å²) in [7, 11) is 4.70. The third-order valence-electron chi connectivity index (χ3n) is 10.9. The van der Waals surface area contributed by atoms with Gasteiger partial charge in [-0.15, -0.1) is 0 Å². The van der Waals surface area contributed by atoms with E-state index >= 15 is 0 Å². The third-order valence-corrected chi connectivity index (χ3v) is 10.9. The van der Waals surface area contributed by atoms with Crippen molar-refractivity contribution >= 4 is 56.0 Å². The Morgan fingerprint density at radius 1 is 0.397 bits per heavy atom. The molecule has 0 saturated heterocycles. The number of ether oxygens (including phenoxy) is 9. The summed E-state index contributed by atoms with van der Waals surface area (Å²) in [6, 6.07) is 17.1. The van der Waals surface area contributed by atoms with Crippen molar-refractivity contribution < 1.29 is 92.1 Å². The Balaban J connectivity index is 0.0000183. The molecular formula is C50H71BiN3O19. The van der Waals surface area contributed by atoms with E-state index in [9.17, 15) is 49.5 Å². The van der Waals surface area contributed by atoms with Gasteiger partial charge in [-0.2, -0.15) is 0 Å². The first-order valence-electron chi connectivity index (χ1n) is 23.4. The molecule has 3 unspecified atom stereocenters. The molecule has 73 heavy (non-hydrogen) atoms. The number of carbonyl (C=O) groups is 5. The van der Waals surface area contributed by atoms with E-state index in [0.717, 1.165) is 0 Å². The van der Waals surface area contributed by atoms with Crippen molar-refractivity contribution in [2.24, 2.45) is 0 Å². The van der Waals surface area contributed by atoms with Gasteiger partial charge in [-0.1, -0.05) is 36.4 Å². The summed E-state index contributed by atoms with van der Waals surface area (Å²) in [6.07, 6.45) is -0.0710. The van der Waals surface area contributed by atoms with Gasteiger partial charge >= 0.3 is 29.8 Å². The van der Waals surface area contributed by atoms with Crippen LogP contribution < -0.4 is 14.2 Å². The largest absolute Gasteiger partial charge is 0.491 e. The van der Waals surface area contributed by atoms with Crippen molar-refractivity contribution in [2.45, 2.75) is 37.4 Å². The molecule has 3 aromatic carbocycles. The molecule has 3 radical (unpaired) electrons. The minimum Gasteiger partial charge on any atom is -0.491 e. The molecule has 0 spiro atoms. The van der Waals surface area contributed by atoms with E-state index in [1.54, 1.807) is 94.1 Å². The molecule has 0 saturated carbocycles. The summed E-state index contributed by atoms with van der Waals surface area (Å²) in [5, 5.41) is 51.4. The van der Waals surface area contributed by atoms with E-state index in [-0.39, 0.29) is 78.4 Å². The Morgan fingerprint density at radius 3 is 0.932 bits per heavy atom. The number of aliphatic carboxylic acids is 5. The normalized spacial score (nSPS) is 12.5. The molecule has 0 heterocycles. The first-order valence-corrected chi connectivity index (χ1v) is 23.4. The molecule has 5 N–H and O–H groups in total. The van der Waals surface area contributed by atoms with Gasteiger partial charge < -0.3 is 68.2 Å². The minimum absolute atomic E-state index is 0. The van der Waals surface area contributed by atoms with E-state index in [4.69, 9.17) is 42.6 Å². The van der Waals surface area contributed by atoms with Crippen molar-refractivity contribution in [1.29, 1.82) is 0 Å². The summed E-state index contributed by atoms with van der Waals surface area (Å²) in [5.41, 5.74) is 1.83. The average Bonchev–Trinajstić information content (AvgIpc) is 3.33. The zero-order valence-corrected chi connectivity index (χ0v) is 45.2. The summed E-state index contributed by atoms with van der Waals surface area (Å²) in [5.74, 6) is -5.13. The summed E-state index contributed by atoms with van der Waals surface area (Å²) < 4.78 is 48.8. The van der Waals surface area contributed by atoms with E-state index < -0.39 is 74.2 Å². The monoisotopic (exact) mass is 1230 g/mol. The van der Waals surface area contributed by atoms with Gasteiger partial charge in [-0.25, -0.2) is 0 Å². The fraction of sp³-hybridized carbons (Fsp3) is 0.540. The number of carboxylic acid groups (broad SMARTS) is 5. The van der Waals surface area contributed by atoms with Crippen LogP contribution in [0.25, 0.3) is 0 Å². The van der Waals surface area contributed by atoms with Gasteiger partial charge in [0.2, 0.25) is 0 Å². The fourth-order valence-corrected chi connectivity index (χ4v) is 7.51. The smallest absolute Gasteiger partial charge is 0.321 e. The van der Waals surface area contributed by atoms with Crippen LogP contribution in [0.15, 0.2) is 72.8 Å². The SMILES string of the molecule is COCCOCCOc1ccc(CC(CN(CC(Cc2ccc(OCCOCCOC)cc2)N(CC(=O)O)CC(=O)O)C(Cc2ccc(OCCOCCOC)cc2)C(=O)O)N(CC(=O)O)CC(=O)O)cc1.[Bi]. The number of methoxy groups -OCH3 is 3. The molecule has 3 aromatic rings. The maximum atomic E-state index is 13.6. The molecule has 0 aromatic heterocycles. The second-order valence-corrected chi connectivity index (χ2v) is 16.4. The number of rotatable bonds is 43.